The second-order valence-electron chi connectivity index (χ2n) is 12.4. The highest BCUT2D eigenvalue weighted by Crippen LogP contribution is 2.29. The largest absolute Gasteiger partial charge is 0.352 e. The summed E-state index contributed by atoms with van der Waals surface area (Å²) in [6.07, 6.45) is 5.18. The molecule has 0 unspecified atom stereocenters. The number of sulfonamides is 1. The summed E-state index contributed by atoms with van der Waals surface area (Å²) in [4.78, 5) is 30.5. The van der Waals surface area contributed by atoms with Crippen molar-refractivity contribution in [2.75, 3.05) is 10.8 Å². The summed E-state index contributed by atoms with van der Waals surface area (Å²) in [5.74, 6) is -0.803. The van der Waals surface area contributed by atoms with Crippen LogP contribution in [0.2, 0.25) is 10.0 Å². The van der Waals surface area contributed by atoms with Crippen molar-refractivity contribution in [2.24, 2.45) is 0 Å². The number of halogens is 2. The highest BCUT2D eigenvalue weighted by atomic mass is 35.5. The number of carbonyl (C=O) groups excluding carboxylic acids is 2. The number of hydrogen-bond acceptors (Lipinski definition) is 4. The van der Waals surface area contributed by atoms with Crippen molar-refractivity contribution in [3.63, 3.8) is 0 Å². The number of benzene rings is 4. The molecule has 7 nitrogen and oxygen atoms in total. The normalized spacial score (nSPS) is 14.2. The topological polar surface area (TPSA) is 86.8 Å². The molecular formula is C38H41Cl2N3O4S. The molecule has 48 heavy (non-hydrogen) atoms. The molecule has 5 rings (SSSR count). The van der Waals surface area contributed by atoms with Crippen molar-refractivity contribution in [1.29, 1.82) is 0 Å². The summed E-state index contributed by atoms with van der Waals surface area (Å²) in [6.45, 7) is 3.17. The molecule has 0 aliphatic heterocycles. The van der Waals surface area contributed by atoms with Gasteiger partial charge in [0.05, 0.1) is 20.6 Å². The number of amides is 2. The van der Waals surface area contributed by atoms with Crippen LogP contribution in [0.3, 0.4) is 0 Å². The van der Waals surface area contributed by atoms with Crippen molar-refractivity contribution < 1.29 is 18.0 Å². The first-order chi connectivity index (χ1) is 23.0. The van der Waals surface area contributed by atoms with Gasteiger partial charge in [0, 0.05) is 19.0 Å². The zero-order valence-electron chi connectivity index (χ0n) is 27.2. The maximum Gasteiger partial charge on any atom is 0.264 e. The van der Waals surface area contributed by atoms with Gasteiger partial charge in [-0.2, -0.15) is 0 Å². The van der Waals surface area contributed by atoms with Gasteiger partial charge in [0.1, 0.15) is 12.6 Å². The molecule has 1 aliphatic rings. The fourth-order valence-corrected chi connectivity index (χ4v) is 7.93. The van der Waals surface area contributed by atoms with Crippen LogP contribution in [0.15, 0.2) is 102 Å². The van der Waals surface area contributed by atoms with Crippen molar-refractivity contribution >= 4 is 50.7 Å². The number of anilines is 1. The monoisotopic (exact) mass is 705 g/mol. The lowest BCUT2D eigenvalue weighted by Gasteiger charge is -2.35. The lowest BCUT2D eigenvalue weighted by Crippen LogP contribution is -2.55. The molecule has 0 aromatic heterocycles. The summed E-state index contributed by atoms with van der Waals surface area (Å²) in [7, 11) is -4.19. The fourth-order valence-electron chi connectivity index (χ4n) is 6.13. The third-order valence-corrected chi connectivity index (χ3v) is 11.3. The molecule has 1 saturated carbocycles. The quantitative estimate of drug-likeness (QED) is 0.162. The van der Waals surface area contributed by atoms with E-state index in [1.807, 2.05) is 43.3 Å². The molecule has 4 aromatic rings. The van der Waals surface area contributed by atoms with E-state index in [4.69, 9.17) is 23.2 Å². The van der Waals surface area contributed by atoms with Gasteiger partial charge in [-0.1, -0.05) is 115 Å². The predicted molar refractivity (Wildman–Crippen MR) is 193 cm³/mol. The smallest absolute Gasteiger partial charge is 0.264 e. The molecule has 0 bridgehead atoms. The van der Waals surface area contributed by atoms with Crippen LogP contribution in [0.1, 0.15) is 54.4 Å². The maximum atomic E-state index is 14.7. The van der Waals surface area contributed by atoms with Crippen molar-refractivity contribution in [3.8, 4) is 0 Å². The lowest BCUT2D eigenvalue weighted by molar-refractivity contribution is -0.140. The van der Waals surface area contributed by atoms with Gasteiger partial charge < -0.3 is 10.2 Å². The van der Waals surface area contributed by atoms with Crippen molar-refractivity contribution in [1.82, 2.24) is 10.2 Å². The first-order valence-corrected chi connectivity index (χ1v) is 18.5. The second kappa shape index (κ2) is 16.0. The van der Waals surface area contributed by atoms with Crippen LogP contribution in [-0.2, 0) is 32.6 Å². The van der Waals surface area contributed by atoms with E-state index in [0.29, 0.717) is 26.9 Å². The molecule has 252 valence electrons. The molecule has 0 saturated heterocycles. The van der Waals surface area contributed by atoms with Gasteiger partial charge in [-0.3, -0.25) is 13.9 Å². The van der Waals surface area contributed by atoms with Gasteiger partial charge in [0.25, 0.3) is 10.0 Å². The van der Waals surface area contributed by atoms with Gasteiger partial charge in [-0.25, -0.2) is 8.42 Å². The lowest BCUT2D eigenvalue weighted by atomic mass is 9.94. The Morgan fingerprint density at radius 3 is 2.15 bits per heavy atom. The van der Waals surface area contributed by atoms with Crippen LogP contribution >= 0.6 is 23.2 Å². The summed E-state index contributed by atoms with van der Waals surface area (Å²) in [5, 5.41) is 3.91. The van der Waals surface area contributed by atoms with E-state index in [2.05, 4.69) is 5.32 Å². The Morgan fingerprint density at radius 1 is 0.812 bits per heavy atom. The summed E-state index contributed by atoms with van der Waals surface area (Å²) in [6, 6.07) is 27.3. The van der Waals surface area contributed by atoms with E-state index >= 15 is 0 Å². The molecule has 2 amide bonds. The van der Waals surface area contributed by atoms with Crippen molar-refractivity contribution in [3.05, 3.63) is 129 Å². The van der Waals surface area contributed by atoms with Gasteiger partial charge >= 0.3 is 0 Å². The van der Waals surface area contributed by atoms with E-state index in [-0.39, 0.29) is 29.8 Å². The maximum absolute atomic E-state index is 14.7. The second-order valence-corrected chi connectivity index (χ2v) is 15.1. The molecule has 4 aromatic carbocycles. The minimum atomic E-state index is -4.19. The van der Waals surface area contributed by atoms with Crippen molar-refractivity contribution in [2.45, 2.75) is 75.9 Å². The van der Waals surface area contributed by atoms with Gasteiger partial charge in [-0.15, -0.1) is 0 Å². The number of nitrogens with zero attached hydrogens (tertiary/aromatic N) is 2. The molecule has 1 atom stereocenters. The van der Waals surface area contributed by atoms with Crippen LogP contribution < -0.4 is 9.62 Å². The Hall–Kier alpha value is -3.85. The van der Waals surface area contributed by atoms with Gasteiger partial charge in [-0.05, 0) is 73.7 Å². The zero-order valence-corrected chi connectivity index (χ0v) is 29.6. The van der Waals surface area contributed by atoms with Crippen LogP contribution in [0.25, 0.3) is 0 Å². The minimum absolute atomic E-state index is 0.0110. The number of rotatable bonds is 12. The molecule has 0 heterocycles. The van der Waals surface area contributed by atoms with Crippen LogP contribution in [0.5, 0.6) is 0 Å². The summed E-state index contributed by atoms with van der Waals surface area (Å²) in [5.41, 5.74) is 3.51. The zero-order chi connectivity index (χ0) is 34.3. The highest BCUT2D eigenvalue weighted by Gasteiger charge is 2.36. The summed E-state index contributed by atoms with van der Waals surface area (Å²) < 4.78 is 29.7. The standard InChI is InChI=1S/C38H41Cl2N3O4S/c1-27-17-20-32(21-18-27)48(46,47)43(35-16-10-9-11-28(35)2)26-37(44)42(25-30-19-22-33(39)34(40)23-30)36(24-29-12-5-3-6-13-29)38(45)41-31-14-7-4-8-15-31/h3,5-6,9-13,16-23,31,36H,4,7-8,14-15,24-26H2,1-2H3,(H,41,45)/t36-/m0/s1. The van der Waals surface area contributed by atoms with Gasteiger partial charge in [0.2, 0.25) is 11.8 Å². The highest BCUT2D eigenvalue weighted by molar-refractivity contribution is 7.92. The van der Waals surface area contributed by atoms with Crippen LogP contribution in [-0.4, -0.2) is 43.8 Å². The first-order valence-electron chi connectivity index (χ1n) is 16.3. The number of nitrogens with one attached hydrogen (secondary N) is 1. The Labute approximate surface area is 293 Å². The number of carbonyl (C=O) groups is 2. The fraction of sp³-hybridized carbons (Fsp3) is 0.316. The number of para-hydroxylation sites is 1. The molecular weight excluding hydrogens is 665 g/mol. The SMILES string of the molecule is Cc1ccc(S(=O)(=O)N(CC(=O)N(Cc2ccc(Cl)c(Cl)c2)[C@@H](Cc2ccccc2)C(=O)NC2CCCCC2)c2ccccc2C)cc1. The van der Waals surface area contributed by atoms with E-state index in [9.17, 15) is 18.0 Å². The molecule has 0 spiro atoms. The van der Waals surface area contributed by atoms with Crippen LogP contribution in [0, 0.1) is 13.8 Å². The minimum Gasteiger partial charge on any atom is -0.352 e. The van der Waals surface area contributed by atoms with E-state index in [0.717, 1.165) is 47.5 Å². The van der Waals surface area contributed by atoms with E-state index in [1.54, 1.807) is 67.6 Å². The van der Waals surface area contributed by atoms with Gasteiger partial charge in [0.15, 0.2) is 0 Å². The molecule has 10 heteroatoms. The molecule has 0 radical (unpaired) electrons. The van der Waals surface area contributed by atoms with E-state index < -0.39 is 28.5 Å². The molecule has 1 aliphatic carbocycles. The summed E-state index contributed by atoms with van der Waals surface area (Å²) >= 11 is 12.6. The molecule has 1 N–H and O–H groups in total. The third-order valence-electron chi connectivity index (χ3n) is 8.83. The Balaban J connectivity index is 1.58. The average molecular weight is 707 g/mol. The molecule has 1 fully saturated rings. The number of aryl methyl sites for hydroxylation is 2. The Kier molecular flexibility index (Phi) is 11.8. The predicted octanol–water partition coefficient (Wildman–Crippen LogP) is 7.89. The first kappa shape index (κ1) is 35.5. The Morgan fingerprint density at radius 2 is 1.48 bits per heavy atom. The Bertz CT molecular complexity index is 1830. The van der Waals surface area contributed by atoms with E-state index in [1.165, 1.54) is 4.90 Å². The van der Waals surface area contributed by atoms with Crippen LogP contribution in [0.4, 0.5) is 5.69 Å². The third kappa shape index (κ3) is 8.78. The number of hydrogen-bond donors (Lipinski definition) is 1. The average Bonchev–Trinajstić information content (AvgIpc) is 3.08.